The molecule has 0 heterocycles. The van der Waals surface area contributed by atoms with Crippen LogP contribution in [0.2, 0.25) is 0 Å². The lowest BCUT2D eigenvalue weighted by molar-refractivity contribution is 0.204. The van der Waals surface area contributed by atoms with Gasteiger partial charge in [-0.3, -0.25) is 0 Å². The van der Waals surface area contributed by atoms with Crippen LogP contribution in [-0.4, -0.2) is 13.7 Å². The lowest BCUT2D eigenvalue weighted by Crippen LogP contribution is -1.82. The highest BCUT2D eigenvalue weighted by molar-refractivity contribution is 6.25. The van der Waals surface area contributed by atoms with Crippen LogP contribution in [0.15, 0.2) is 11.6 Å². The third kappa shape index (κ3) is 5.99. The van der Waals surface area contributed by atoms with Gasteiger partial charge in [0.05, 0.1) is 0 Å². The highest BCUT2D eigenvalue weighted by Crippen LogP contribution is 1.84. The number of methoxy groups -OCH3 is 1. The molecule has 0 amide bonds. The van der Waals surface area contributed by atoms with Gasteiger partial charge in [-0.2, -0.15) is 0 Å². The molecule has 0 spiro atoms. The van der Waals surface area contributed by atoms with E-state index >= 15 is 0 Å². The van der Waals surface area contributed by atoms with Crippen molar-refractivity contribution >= 4 is 11.6 Å². The minimum absolute atomic E-state index is 0.753. The molecule has 0 fully saturated rings. The summed E-state index contributed by atoms with van der Waals surface area (Å²) in [7, 11) is 1.67. The van der Waals surface area contributed by atoms with Gasteiger partial charge in [0.2, 0.25) is 0 Å². The Labute approximate surface area is 48.9 Å². The van der Waals surface area contributed by atoms with Crippen LogP contribution in [0.4, 0.5) is 0 Å². The van der Waals surface area contributed by atoms with E-state index in [0.29, 0.717) is 0 Å². The fourth-order valence-corrected chi connectivity index (χ4v) is 0.375. The van der Waals surface area contributed by atoms with Crippen molar-refractivity contribution in [3.8, 4) is 0 Å². The average Bonchev–Trinajstić information content (AvgIpc) is 1.69. The molecule has 0 aromatic rings. The molecule has 0 saturated heterocycles. The number of hydrogen-bond acceptors (Lipinski definition) is 1. The Balaban J connectivity index is 2.69. The van der Waals surface area contributed by atoms with Crippen LogP contribution in [0.3, 0.4) is 0 Å². The van der Waals surface area contributed by atoms with Gasteiger partial charge in [-0.05, 0) is 6.42 Å². The molecule has 0 aromatic carbocycles. The maximum atomic E-state index is 5.20. The van der Waals surface area contributed by atoms with Crippen LogP contribution in [0.1, 0.15) is 6.42 Å². The molecule has 0 unspecified atom stereocenters. The molecule has 42 valence electrons. The zero-order chi connectivity index (χ0) is 5.54. The summed E-state index contributed by atoms with van der Waals surface area (Å²) in [5, 5.41) is 0. The fraction of sp³-hybridized carbons (Fsp3) is 0.600. The van der Waals surface area contributed by atoms with Crippen LogP contribution < -0.4 is 0 Å². The van der Waals surface area contributed by atoms with Crippen LogP contribution in [0, 0.1) is 0 Å². The fourth-order valence-electron chi connectivity index (χ4n) is 0.249. The van der Waals surface area contributed by atoms with Gasteiger partial charge in [-0.25, -0.2) is 0 Å². The van der Waals surface area contributed by atoms with Gasteiger partial charge in [0, 0.05) is 19.3 Å². The number of ether oxygens (including phenoxy) is 1. The molecule has 1 nitrogen and oxygen atoms in total. The van der Waals surface area contributed by atoms with Crippen molar-refractivity contribution in [1.82, 2.24) is 0 Å². The van der Waals surface area contributed by atoms with Crippen LogP contribution in [-0.2, 0) is 4.74 Å². The Bertz CT molecular complexity index is 52.0. The van der Waals surface area contributed by atoms with Crippen molar-refractivity contribution in [2.24, 2.45) is 0 Å². The zero-order valence-electron chi connectivity index (χ0n) is 4.36. The highest BCUT2D eigenvalue weighted by Gasteiger charge is 1.72. The summed E-state index contributed by atoms with van der Waals surface area (Å²) in [5.74, 6) is 0. The normalized spacial score (nSPS) is 10.6. The molecule has 0 aliphatic carbocycles. The summed E-state index contributed by atoms with van der Waals surface area (Å²) in [6.45, 7) is 0.753. The molecule has 0 bridgehead atoms. The predicted octanol–water partition coefficient (Wildman–Crippen LogP) is 1.78. The van der Waals surface area contributed by atoms with Gasteiger partial charge in [-0.1, -0.05) is 17.7 Å². The highest BCUT2D eigenvalue weighted by atomic mass is 35.5. The molecule has 2 heteroatoms. The monoisotopic (exact) mass is 120 g/mol. The average molecular weight is 121 g/mol. The van der Waals surface area contributed by atoms with E-state index in [2.05, 4.69) is 0 Å². The van der Waals surface area contributed by atoms with E-state index in [-0.39, 0.29) is 0 Å². The molecule has 0 rings (SSSR count). The summed E-state index contributed by atoms with van der Waals surface area (Å²) in [5.41, 5.74) is 1.50. The Morgan fingerprint density at radius 1 is 1.71 bits per heavy atom. The first kappa shape index (κ1) is 6.99. The van der Waals surface area contributed by atoms with E-state index in [1.165, 1.54) is 5.54 Å². The minimum atomic E-state index is 0.753. The molecular weight excluding hydrogens is 112 g/mol. The van der Waals surface area contributed by atoms with Crippen LogP contribution in [0.5, 0.6) is 0 Å². The smallest absolute Gasteiger partial charge is 0.0497 e. The summed E-state index contributed by atoms with van der Waals surface area (Å²) in [6, 6.07) is 0. The largest absolute Gasteiger partial charge is 0.384 e. The Kier molecular flexibility index (Phi) is 5.98. The minimum Gasteiger partial charge on any atom is -0.384 e. The lowest BCUT2D eigenvalue weighted by Gasteiger charge is -1.87. The molecule has 0 N–H and O–H groups in total. The quantitative estimate of drug-likeness (QED) is 0.516. The maximum absolute atomic E-state index is 5.20. The van der Waals surface area contributed by atoms with E-state index in [1.54, 1.807) is 7.11 Å². The molecule has 0 atom stereocenters. The van der Waals surface area contributed by atoms with Gasteiger partial charge in [0.1, 0.15) is 0 Å². The van der Waals surface area contributed by atoms with Gasteiger partial charge < -0.3 is 4.74 Å². The zero-order valence-corrected chi connectivity index (χ0v) is 5.11. The summed E-state index contributed by atoms with van der Waals surface area (Å²) >= 11 is 5.20. The Morgan fingerprint density at radius 2 is 2.43 bits per heavy atom. The summed E-state index contributed by atoms with van der Waals surface area (Å²) in [4.78, 5) is 0. The summed E-state index contributed by atoms with van der Waals surface area (Å²) < 4.78 is 4.73. The number of hydrogen-bond donors (Lipinski definition) is 0. The SMILES string of the molecule is COCC/C=C/Cl. The van der Waals surface area contributed by atoms with E-state index in [9.17, 15) is 0 Å². The van der Waals surface area contributed by atoms with Crippen molar-refractivity contribution in [3.63, 3.8) is 0 Å². The van der Waals surface area contributed by atoms with Crippen molar-refractivity contribution in [3.05, 3.63) is 11.6 Å². The molecule has 0 aromatic heterocycles. The van der Waals surface area contributed by atoms with Gasteiger partial charge >= 0.3 is 0 Å². The molecular formula is C5H9ClO. The van der Waals surface area contributed by atoms with E-state index in [1.807, 2.05) is 6.08 Å². The van der Waals surface area contributed by atoms with Crippen molar-refractivity contribution in [2.45, 2.75) is 6.42 Å². The van der Waals surface area contributed by atoms with E-state index in [4.69, 9.17) is 16.3 Å². The van der Waals surface area contributed by atoms with Crippen molar-refractivity contribution in [1.29, 1.82) is 0 Å². The van der Waals surface area contributed by atoms with Gasteiger partial charge in [-0.15, -0.1) is 0 Å². The van der Waals surface area contributed by atoms with Gasteiger partial charge in [0.25, 0.3) is 0 Å². The first-order valence-corrected chi connectivity index (χ1v) is 2.59. The second kappa shape index (κ2) is 5.99. The van der Waals surface area contributed by atoms with Gasteiger partial charge in [0.15, 0.2) is 0 Å². The standard InChI is InChI=1S/C5H9ClO/c1-7-5-3-2-4-6/h2,4H,3,5H2,1H3/b4-2+. The van der Waals surface area contributed by atoms with E-state index in [0.717, 1.165) is 13.0 Å². The topological polar surface area (TPSA) is 9.23 Å². The predicted molar refractivity (Wildman–Crippen MR) is 31.5 cm³/mol. The summed E-state index contributed by atoms with van der Waals surface area (Å²) in [6.07, 6.45) is 2.76. The molecule has 0 saturated carbocycles. The van der Waals surface area contributed by atoms with Crippen LogP contribution >= 0.6 is 11.6 Å². The molecule has 0 aliphatic rings. The molecule has 0 radical (unpaired) electrons. The lowest BCUT2D eigenvalue weighted by atomic mass is 10.5. The number of halogens is 1. The maximum Gasteiger partial charge on any atom is 0.0497 e. The Morgan fingerprint density at radius 3 is 2.86 bits per heavy atom. The third-order valence-electron chi connectivity index (χ3n) is 0.578. The first-order chi connectivity index (χ1) is 3.41. The second-order valence-corrected chi connectivity index (χ2v) is 1.40. The van der Waals surface area contributed by atoms with Crippen molar-refractivity contribution in [2.75, 3.05) is 13.7 Å². The van der Waals surface area contributed by atoms with Crippen molar-refractivity contribution < 1.29 is 4.74 Å². The molecule has 7 heavy (non-hydrogen) atoms. The van der Waals surface area contributed by atoms with Crippen LogP contribution in [0.25, 0.3) is 0 Å². The number of rotatable bonds is 3. The Hall–Kier alpha value is -0.0100. The molecule has 0 aliphatic heterocycles. The second-order valence-electron chi connectivity index (χ2n) is 1.14. The van der Waals surface area contributed by atoms with E-state index < -0.39 is 0 Å². The third-order valence-corrected chi connectivity index (χ3v) is 0.756. The first-order valence-electron chi connectivity index (χ1n) is 2.16.